The van der Waals surface area contributed by atoms with Gasteiger partial charge in [0.15, 0.2) is 0 Å². The van der Waals surface area contributed by atoms with Gasteiger partial charge in [0.1, 0.15) is 0 Å². The quantitative estimate of drug-likeness (QED) is 0.847. The Bertz CT molecular complexity index is 883. The second kappa shape index (κ2) is 5.58. The van der Waals surface area contributed by atoms with Crippen molar-refractivity contribution < 1.29 is 4.79 Å². The molecule has 0 radical (unpaired) electrons. The third-order valence-corrected chi connectivity index (χ3v) is 5.91. The summed E-state index contributed by atoms with van der Waals surface area (Å²) in [4.78, 5) is 27.2. The first kappa shape index (κ1) is 14.9. The van der Waals surface area contributed by atoms with Crippen LogP contribution in [0.1, 0.15) is 30.9 Å². The van der Waals surface area contributed by atoms with E-state index in [9.17, 15) is 9.59 Å². The summed E-state index contributed by atoms with van der Waals surface area (Å²) in [6.07, 6.45) is 3.18. The molecule has 25 heavy (non-hydrogen) atoms. The lowest BCUT2D eigenvalue weighted by Gasteiger charge is -2.43. The molecule has 1 saturated carbocycles. The van der Waals surface area contributed by atoms with Crippen molar-refractivity contribution in [3.8, 4) is 11.1 Å². The molecule has 2 aliphatic heterocycles. The van der Waals surface area contributed by atoms with Crippen molar-refractivity contribution in [1.29, 1.82) is 0 Å². The topological polar surface area (TPSA) is 42.3 Å². The van der Waals surface area contributed by atoms with E-state index in [0.717, 1.165) is 55.7 Å². The van der Waals surface area contributed by atoms with E-state index in [2.05, 4.69) is 17.0 Å². The molecule has 0 N–H and O–H groups in total. The summed E-state index contributed by atoms with van der Waals surface area (Å²) in [6.45, 7) is 2.31. The van der Waals surface area contributed by atoms with Crippen molar-refractivity contribution in [2.24, 2.45) is 11.8 Å². The number of hydrogen-bond acceptors (Lipinski definition) is 2. The summed E-state index contributed by atoms with van der Waals surface area (Å²) in [5.41, 5.74) is 3.51. The second-order valence-corrected chi connectivity index (χ2v) is 7.76. The predicted octanol–water partition coefficient (Wildman–Crippen LogP) is 2.87. The number of carbonyl (C=O) groups is 1. The molecule has 2 aromatic rings. The van der Waals surface area contributed by atoms with Gasteiger partial charge in [0.25, 0.3) is 5.56 Å². The number of nitrogens with zero attached hydrogens (tertiary/aromatic N) is 2. The number of rotatable bonds is 2. The average molecular weight is 334 g/mol. The molecule has 1 saturated heterocycles. The molecule has 128 valence electrons. The smallest absolute Gasteiger partial charge is 0.250 e. The minimum atomic E-state index is 0.0892. The Labute approximate surface area is 147 Å². The fourth-order valence-electron chi connectivity index (χ4n) is 4.65. The van der Waals surface area contributed by atoms with Gasteiger partial charge in [-0.15, -0.1) is 0 Å². The highest BCUT2D eigenvalue weighted by atomic mass is 16.2. The van der Waals surface area contributed by atoms with E-state index >= 15 is 0 Å². The highest BCUT2D eigenvalue weighted by Gasteiger charge is 2.41. The Kier molecular flexibility index (Phi) is 3.34. The highest BCUT2D eigenvalue weighted by Crippen LogP contribution is 2.41. The molecule has 3 aliphatic rings. The summed E-state index contributed by atoms with van der Waals surface area (Å²) in [6, 6.07) is 13.9. The van der Waals surface area contributed by atoms with E-state index in [0.29, 0.717) is 11.8 Å². The Morgan fingerprint density at radius 3 is 2.52 bits per heavy atom. The zero-order valence-electron chi connectivity index (χ0n) is 14.2. The third kappa shape index (κ3) is 2.51. The van der Waals surface area contributed by atoms with Gasteiger partial charge in [-0.25, -0.2) is 0 Å². The van der Waals surface area contributed by atoms with Crippen LogP contribution < -0.4 is 5.56 Å². The van der Waals surface area contributed by atoms with Gasteiger partial charge in [0, 0.05) is 48.8 Å². The largest absolute Gasteiger partial charge is 0.341 e. The van der Waals surface area contributed by atoms with Gasteiger partial charge >= 0.3 is 0 Å². The Balaban J connectivity index is 1.58. The van der Waals surface area contributed by atoms with Crippen LogP contribution in [0.25, 0.3) is 11.1 Å². The van der Waals surface area contributed by atoms with Crippen LogP contribution >= 0.6 is 0 Å². The van der Waals surface area contributed by atoms with Crippen molar-refractivity contribution in [3.63, 3.8) is 0 Å². The van der Waals surface area contributed by atoms with Gasteiger partial charge in [0.2, 0.25) is 5.91 Å². The summed E-state index contributed by atoms with van der Waals surface area (Å²) in [7, 11) is 0. The minimum Gasteiger partial charge on any atom is -0.341 e. The maximum atomic E-state index is 12.6. The van der Waals surface area contributed by atoms with Crippen LogP contribution in [0.5, 0.6) is 0 Å². The summed E-state index contributed by atoms with van der Waals surface area (Å²) >= 11 is 0. The van der Waals surface area contributed by atoms with Crippen LogP contribution in [0.15, 0.2) is 47.3 Å². The van der Waals surface area contributed by atoms with Crippen LogP contribution in [0.2, 0.25) is 0 Å². The van der Waals surface area contributed by atoms with Crippen LogP contribution in [0.4, 0.5) is 0 Å². The molecule has 0 spiro atoms. The molecule has 2 bridgehead atoms. The number of amides is 1. The standard InChI is InChI=1S/C21H22N2O2/c24-19-9-8-18(15-4-2-1-3-5-15)20-17-10-14(12-23(19)20)11-22(13-17)21(25)16-6-7-16/h1-5,8-9,14,16-17H,6-7,10-13H2/t14-,17-/m0/s1. The van der Waals surface area contributed by atoms with E-state index in [1.807, 2.05) is 28.8 Å². The molecule has 2 fully saturated rings. The molecular weight excluding hydrogens is 312 g/mol. The molecule has 1 aromatic carbocycles. The Morgan fingerprint density at radius 2 is 1.76 bits per heavy atom. The molecular formula is C21H22N2O2. The number of carbonyl (C=O) groups excluding carboxylic acids is 1. The van der Waals surface area contributed by atoms with Crippen molar-refractivity contribution in [2.75, 3.05) is 13.1 Å². The van der Waals surface area contributed by atoms with Crippen LogP contribution in [-0.4, -0.2) is 28.5 Å². The third-order valence-electron chi connectivity index (χ3n) is 5.91. The molecule has 2 atom stereocenters. The van der Waals surface area contributed by atoms with Gasteiger partial charge in [-0.3, -0.25) is 9.59 Å². The van der Waals surface area contributed by atoms with E-state index in [1.54, 1.807) is 6.07 Å². The molecule has 1 aromatic heterocycles. The minimum absolute atomic E-state index is 0.0892. The first-order valence-corrected chi connectivity index (χ1v) is 9.28. The monoisotopic (exact) mass is 334 g/mol. The SMILES string of the molecule is O=C(C1CC1)N1C[C@@H]2C[C@@H](C1)c1c(-c3ccccc3)ccc(=O)n1C2. The molecule has 0 unspecified atom stereocenters. The second-order valence-electron chi connectivity index (χ2n) is 7.76. The number of likely N-dealkylation sites (tertiary alicyclic amines) is 1. The zero-order valence-corrected chi connectivity index (χ0v) is 14.2. The molecule has 5 rings (SSSR count). The van der Waals surface area contributed by atoms with Gasteiger partial charge in [-0.2, -0.15) is 0 Å². The van der Waals surface area contributed by atoms with Crippen LogP contribution in [0, 0.1) is 11.8 Å². The Hall–Kier alpha value is -2.36. The molecule has 4 heteroatoms. The maximum Gasteiger partial charge on any atom is 0.250 e. The number of piperidine rings is 1. The normalized spacial score (nSPS) is 24.7. The zero-order chi connectivity index (χ0) is 17.0. The van der Waals surface area contributed by atoms with E-state index in [1.165, 1.54) is 0 Å². The number of hydrogen-bond donors (Lipinski definition) is 0. The van der Waals surface area contributed by atoms with Gasteiger partial charge < -0.3 is 9.47 Å². The average Bonchev–Trinajstić information content (AvgIpc) is 3.48. The number of aromatic nitrogens is 1. The summed E-state index contributed by atoms with van der Waals surface area (Å²) < 4.78 is 1.97. The van der Waals surface area contributed by atoms with Crippen molar-refractivity contribution >= 4 is 5.91 Å². The first-order valence-electron chi connectivity index (χ1n) is 9.28. The molecule has 1 amide bonds. The lowest BCUT2D eigenvalue weighted by Crippen LogP contribution is -2.49. The lowest BCUT2D eigenvalue weighted by molar-refractivity contribution is -0.135. The molecule has 1 aliphatic carbocycles. The number of benzene rings is 1. The predicted molar refractivity (Wildman–Crippen MR) is 96.3 cm³/mol. The maximum absolute atomic E-state index is 12.6. The van der Waals surface area contributed by atoms with Gasteiger partial charge in [0.05, 0.1) is 0 Å². The van der Waals surface area contributed by atoms with Crippen molar-refractivity contribution in [3.05, 3.63) is 58.5 Å². The number of fused-ring (bicyclic) bond motifs is 4. The molecule has 3 heterocycles. The fourth-order valence-corrected chi connectivity index (χ4v) is 4.65. The van der Waals surface area contributed by atoms with Crippen LogP contribution in [-0.2, 0) is 11.3 Å². The first-order chi connectivity index (χ1) is 12.2. The van der Waals surface area contributed by atoms with E-state index in [-0.39, 0.29) is 17.4 Å². The van der Waals surface area contributed by atoms with E-state index in [4.69, 9.17) is 0 Å². The molecule has 4 nitrogen and oxygen atoms in total. The summed E-state index contributed by atoms with van der Waals surface area (Å²) in [5, 5.41) is 0. The van der Waals surface area contributed by atoms with Gasteiger partial charge in [-0.1, -0.05) is 30.3 Å². The lowest BCUT2D eigenvalue weighted by atomic mass is 9.80. The fraction of sp³-hybridized carbons (Fsp3) is 0.429. The highest BCUT2D eigenvalue weighted by molar-refractivity contribution is 5.81. The van der Waals surface area contributed by atoms with Crippen LogP contribution in [0.3, 0.4) is 0 Å². The van der Waals surface area contributed by atoms with E-state index < -0.39 is 0 Å². The van der Waals surface area contributed by atoms with Crippen molar-refractivity contribution in [1.82, 2.24) is 9.47 Å². The summed E-state index contributed by atoms with van der Waals surface area (Å²) in [5.74, 6) is 1.27. The van der Waals surface area contributed by atoms with Gasteiger partial charge in [-0.05, 0) is 36.8 Å². The number of pyridine rings is 1. The van der Waals surface area contributed by atoms with Crippen molar-refractivity contribution in [2.45, 2.75) is 31.7 Å². The Morgan fingerprint density at radius 1 is 0.960 bits per heavy atom.